The molecule has 0 bridgehead atoms. The molecule has 2 aliphatic carbocycles. The van der Waals surface area contributed by atoms with Crippen molar-refractivity contribution in [3.63, 3.8) is 0 Å². The number of rotatable bonds is 4. The molecule has 2 saturated carbocycles. The van der Waals surface area contributed by atoms with Crippen LogP contribution < -0.4 is 0 Å². The van der Waals surface area contributed by atoms with Gasteiger partial charge in [-0.15, -0.1) is 0 Å². The van der Waals surface area contributed by atoms with E-state index in [1.807, 2.05) is 0 Å². The van der Waals surface area contributed by atoms with Crippen LogP contribution in [0.2, 0.25) is 0 Å². The molecule has 0 saturated heterocycles. The average molecular weight is 373 g/mol. The van der Waals surface area contributed by atoms with Crippen molar-refractivity contribution in [2.75, 3.05) is 0 Å². The van der Waals surface area contributed by atoms with Gasteiger partial charge in [-0.25, -0.2) is 4.39 Å². The lowest BCUT2D eigenvalue weighted by Gasteiger charge is -2.35. The topological polar surface area (TPSA) is 40.5 Å². The molecule has 3 rings (SSSR count). The zero-order chi connectivity index (χ0) is 19.1. The van der Waals surface area contributed by atoms with E-state index < -0.39 is 17.9 Å². The Balaban J connectivity index is 1.78. The first-order valence-electron chi connectivity index (χ1n) is 8.97. The maximum absolute atomic E-state index is 13.4. The third-order valence-corrected chi connectivity index (χ3v) is 5.44. The number of hydrogen-bond acceptors (Lipinski definition) is 2. The van der Waals surface area contributed by atoms with Crippen LogP contribution in [-0.2, 0) is 5.60 Å². The number of carbonyl (C=O) groups is 1. The predicted octanol–water partition coefficient (Wildman–Crippen LogP) is 4.34. The van der Waals surface area contributed by atoms with Gasteiger partial charge in [0.2, 0.25) is 0 Å². The molecule has 1 aromatic carbocycles. The molecule has 2 aliphatic rings. The highest BCUT2D eigenvalue weighted by molar-refractivity contribution is 5.95. The minimum Gasteiger partial charge on any atom is -0.376 e. The van der Waals surface area contributed by atoms with E-state index in [2.05, 4.69) is 0 Å². The summed E-state index contributed by atoms with van der Waals surface area (Å²) < 4.78 is 52.2. The van der Waals surface area contributed by atoms with Crippen molar-refractivity contribution >= 4 is 5.91 Å². The van der Waals surface area contributed by atoms with Gasteiger partial charge in [-0.3, -0.25) is 4.79 Å². The van der Waals surface area contributed by atoms with Gasteiger partial charge in [0.1, 0.15) is 6.17 Å². The first-order chi connectivity index (χ1) is 12.1. The number of nitrogens with zero attached hydrogens (tertiary/aromatic N) is 1. The van der Waals surface area contributed by atoms with E-state index in [9.17, 15) is 27.5 Å². The van der Waals surface area contributed by atoms with Crippen LogP contribution in [0, 0.1) is 0 Å². The molecule has 0 unspecified atom stereocenters. The van der Waals surface area contributed by atoms with Crippen LogP contribution in [0.5, 0.6) is 0 Å². The van der Waals surface area contributed by atoms with Crippen molar-refractivity contribution in [2.45, 2.75) is 75.5 Å². The molecule has 26 heavy (non-hydrogen) atoms. The molecule has 1 atom stereocenters. The minimum absolute atomic E-state index is 0.0139. The van der Waals surface area contributed by atoms with Gasteiger partial charge in [0.25, 0.3) is 5.91 Å². The number of hydrogen-bond donors (Lipinski definition) is 1. The first-order valence-corrected chi connectivity index (χ1v) is 8.97. The molecule has 0 heterocycles. The zero-order valence-electron chi connectivity index (χ0n) is 14.6. The maximum Gasteiger partial charge on any atom is 0.421 e. The highest BCUT2D eigenvalue weighted by Gasteiger charge is 2.51. The molecule has 0 aromatic heterocycles. The molecule has 1 N–H and O–H groups in total. The molecule has 0 spiro atoms. The Kier molecular flexibility index (Phi) is 5.03. The number of aliphatic hydroxyl groups is 1. The Hall–Kier alpha value is -1.63. The lowest BCUT2D eigenvalue weighted by molar-refractivity contribution is -0.258. The standard InChI is InChI=1S/C19H23F4NO2/c1-18(26,19(21,22)23)13-4-2-12(3-5-13)17(25)24(16-10-11-16)15-8-6-14(20)7-9-15/h2-5,14-16,26H,6-11H2,1H3/t14-,15+,18-/m0/s1. The Morgan fingerprint density at radius 3 is 1.88 bits per heavy atom. The van der Waals surface area contributed by atoms with Crippen LogP contribution in [0.1, 0.15) is 61.4 Å². The second-order valence-corrected chi connectivity index (χ2v) is 7.50. The van der Waals surface area contributed by atoms with E-state index in [0.29, 0.717) is 38.2 Å². The lowest BCUT2D eigenvalue weighted by Crippen LogP contribution is -2.44. The van der Waals surface area contributed by atoms with Crippen LogP contribution in [-0.4, -0.2) is 40.3 Å². The van der Waals surface area contributed by atoms with E-state index in [-0.39, 0.29) is 23.6 Å². The number of halogens is 4. The quantitative estimate of drug-likeness (QED) is 0.798. The molecule has 1 amide bonds. The maximum atomic E-state index is 13.4. The molecule has 0 radical (unpaired) electrons. The van der Waals surface area contributed by atoms with Crippen molar-refractivity contribution < 1.29 is 27.5 Å². The van der Waals surface area contributed by atoms with E-state index >= 15 is 0 Å². The summed E-state index contributed by atoms with van der Waals surface area (Å²) in [6.07, 6.45) is -1.70. The summed E-state index contributed by atoms with van der Waals surface area (Å²) in [6, 6.07) is 5.07. The van der Waals surface area contributed by atoms with Gasteiger partial charge in [0, 0.05) is 17.6 Å². The predicted molar refractivity (Wildman–Crippen MR) is 88.4 cm³/mol. The average Bonchev–Trinajstić information content (AvgIpc) is 3.41. The van der Waals surface area contributed by atoms with Crippen molar-refractivity contribution in [2.24, 2.45) is 0 Å². The fraction of sp³-hybridized carbons (Fsp3) is 0.632. The third-order valence-electron chi connectivity index (χ3n) is 5.44. The smallest absolute Gasteiger partial charge is 0.376 e. The van der Waals surface area contributed by atoms with Gasteiger partial charge < -0.3 is 10.0 Å². The molecule has 144 valence electrons. The number of alkyl halides is 4. The summed E-state index contributed by atoms with van der Waals surface area (Å²) in [5, 5.41) is 9.73. The Labute approximate surface area is 150 Å². The molecule has 0 aliphatic heterocycles. The highest BCUT2D eigenvalue weighted by atomic mass is 19.4. The van der Waals surface area contributed by atoms with Gasteiger partial charge in [-0.2, -0.15) is 13.2 Å². The highest BCUT2D eigenvalue weighted by Crippen LogP contribution is 2.39. The summed E-state index contributed by atoms with van der Waals surface area (Å²) in [5.74, 6) is -0.229. The number of benzene rings is 1. The molecular formula is C19H23F4NO2. The van der Waals surface area contributed by atoms with Crippen molar-refractivity contribution in [3.8, 4) is 0 Å². The van der Waals surface area contributed by atoms with Gasteiger partial charge in [-0.1, -0.05) is 12.1 Å². The van der Waals surface area contributed by atoms with E-state index in [1.54, 1.807) is 4.90 Å². The summed E-state index contributed by atoms with van der Waals surface area (Å²) in [4.78, 5) is 14.7. The van der Waals surface area contributed by atoms with Gasteiger partial charge >= 0.3 is 6.18 Å². The lowest BCUT2D eigenvalue weighted by atomic mass is 9.91. The Morgan fingerprint density at radius 2 is 1.46 bits per heavy atom. The van der Waals surface area contributed by atoms with E-state index in [1.165, 1.54) is 12.1 Å². The third kappa shape index (κ3) is 3.72. The summed E-state index contributed by atoms with van der Waals surface area (Å²) >= 11 is 0. The van der Waals surface area contributed by atoms with Crippen LogP contribution in [0.3, 0.4) is 0 Å². The fourth-order valence-corrected chi connectivity index (χ4v) is 3.55. The molecule has 1 aromatic rings. The van der Waals surface area contributed by atoms with Crippen molar-refractivity contribution in [3.05, 3.63) is 35.4 Å². The Bertz CT molecular complexity index is 644. The number of amides is 1. The van der Waals surface area contributed by atoms with Crippen molar-refractivity contribution in [1.29, 1.82) is 0 Å². The van der Waals surface area contributed by atoms with Gasteiger partial charge in [-0.05, 0) is 63.1 Å². The van der Waals surface area contributed by atoms with Crippen LogP contribution in [0.25, 0.3) is 0 Å². The van der Waals surface area contributed by atoms with E-state index in [0.717, 1.165) is 25.0 Å². The van der Waals surface area contributed by atoms with Gasteiger partial charge in [0.05, 0.1) is 0 Å². The SMILES string of the molecule is C[C@](O)(c1ccc(C(=O)N(C2CC2)[C@H]2CC[C@@H](F)CC2)cc1)C(F)(F)F. The largest absolute Gasteiger partial charge is 0.421 e. The minimum atomic E-state index is -4.80. The monoisotopic (exact) mass is 373 g/mol. The number of carbonyl (C=O) groups excluding carboxylic acids is 1. The summed E-state index contributed by atoms with van der Waals surface area (Å²) in [5.41, 5.74) is -2.98. The van der Waals surface area contributed by atoms with Gasteiger partial charge in [0.15, 0.2) is 5.60 Å². The van der Waals surface area contributed by atoms with Crippen molar-refractivity contribution in [1.82, 2.24) is 4.90 Å². The fourth-order valence-electron chi connectivity index (χ4n) is 3.55. The van der Waals surface area contributed by atoms with E-state index in [4.69, 9.17) is 0 Å². The normalized spacial score (nSPS) is 26.2. The summed E-state index contributed by atoms with van der Waals surface area (Å²) in [6.45, 7) is 0.690. The van der Waals surface area contributed by atoms with Crippen LogP contribution in [0.15, 0.2) is 24.3 Å². The van der Waals surface area contributed by atoms with Crippen LogP contribution in [0.4, 0.5) is 17.6 Å². The molecular weight excluding hydrogens is 350 g/mol. The second kappa shape index (κ2) is 6.83. The Morgan fingerprint density at radius 1 is 1.00 bits per heavy atom. The molecule has 3 nitrogen and oxygen atoms in total. The molecule has 7 heteroatoms. The second-order valence-electron chi connectivity index (χ2n) is 7.50. The molecule has 2 fully saturated rings. The summed E-state index contributed by atoms with van der Waals surface area (Å²) in [7, 11) is 0. The zero-order valence-corrected chi connectivity index (χ0v) is 14.6. The van der Waals surface area contributed by atoms with Crippen LogP contribution >= 0.6 is 0 Å². The first kappa shape index (κ1) is 19.1.